The van der Waals surface area contributed by atoms with Crippen LogP contribution in [0.5, 0.6) is 0 Å². The maximum atomic E-state index is 13.4. The molecule has 1 saturated heterocycles. The number of nitrogens with zero attached hydrogens (tertiary/aromatic N) is 3. The molecule has 0 radical (unpaired) electrons. The van der Waals surface area contributed by atoms with Crippen LogP contribution in [0.15, 0.2) is 36.5 Å². The highest BCUT2D eigenvalue weighted by molar-refractivity contribution is 6.39. The van der Waals surface area contributed by atoms with Crippen LogP contribution < -0.4 is 10.6 Å². The second-order valence-corrected chi connectivity index (χ2v) is 10.3. The van der Waals surface area contributed by atoms with Gasteiger partial charge >= 0.3 is 17.9 Å². The summed E-state index contributed by atoms with van der Waals surface area (Å²) in [5.41, 5.74) is 1.71. The van der Waals surface area contributed by atoms with Gasteiger partial charge in [0.05, 0.1) is 17.9 Å². The first-order chi connectivity index (χ1) is 17.5. The van der Waals surface area contributed by atoms with E-state index >= 15 is 0 Å². The Morgan fingerprint density at radius 1 is 1.08 bits per heavy atom. The van der Waals surface area contributed by atoms with E-state index < -0.39 is 23.9 Å². The van der Waals surface area contributed by atoms with Crippen LogP contribution in [0.4, 0.5) is 16.3 Å². The third kappa shape index (κ3) is 6.02. The Morgan fingerprint density at radius 3 is 2.43 bits per heavy atom. The predicted molar refractivity (Wildman–Crippen MR) is 138 cm³/mol. The number of benzene rings is 1. The Kier molecular flexibility index (Phi) is 7.68. The lowest BCUT2D eigenvalue weighted by molar-refractivity contribution is -0.152. The molecular formula is C26H30ClN5O5. The Labute approximate surface area is 220 Å². The molecule has 1 saturated carbocycles. The molecule has 3 N–H and O–H groups in total. The highest BCUT2D eigenvalue weighted by Crippen LogP contribution is 2.43. The number of piperazine rings is 1. The van der Waals surface area contributed by atoms with Crippen LogP contribution in [0.3, 0.4) is 0 Å². The summed E-state index contributed by atoms with van der Waals surface area (Å²) in [4.78, 5) is 57.8. The van der Waals surface area contributed by atoms with Crippen LogP contribution in [0.25, 0.3) is 0 Å². The monoisotopic (exact) mass is 527 g/mol. The molecule has 0 spiro atoms. The molecular weight excluding hydrogens is 498 g/mol. The Balaban J connectivity index is 1.57. The van der Waals surface area contributed by atoms with E-state index in [4.69, 9.17) is 16.7 Å². The van der Waals surface area contributed by atoms with Crippen molar-refractivity contribution in [2.75, 3.05) is 23.7 Å². The minimum Gasteiger partial charge on any atom is -0.465 e. The van der Waals surface area contributed by atoms with Crippen molar-refractivity contribution in [1.29, 1.82) is 0 Å². The normalized spacial score (nSPS) is 19.5. The average molecular weight is 528 g/mol. The van der Waals surface area contributed by atoms with Crippen molar-refractivity contribution in [3.05, 3.63) is 52.7 Å². The fourth-order valence-electron chi connectivity index (χ4n) is 4.61. The molecule has 10 nitrogen and oxygen atoms in total. The first-order valence-electron chi connectivity index (χ1n) is 12.2. The van der Waals surface area contributed by atoms with Gasteiger partial charge in [0, 0.05) is 35.6 Å². The minimum absolute atomic E-state index is 0.0233. The van der Waals surface area contributed by atoms with Crippen molar-refractivity contribution >= 4 is 46.9 Å². The zero-order chi connectivity index (χ0) is 26.9. The second-order valence-electron chi connectivity index (χ2n) is 9.84. The molecule has 2 aliphatic rings. The fraction of sp³-hybridized carbons (Fsp3) is 0.423. The van der Waals surface area contributed by atoms with E-state index in [9.17, 15) is 19.2 Å². The van der Waals surface area contributed by atoms with Gasteiger partial charge in [0.2, 0.25) is 5.91 Å². The molecule has 2 aromatic rings. The van der Waals surface area contributed by atoms with Crippen molar-refractivity contribution in [3.8, 4) is 0 Å². The Morgan fingerprint density at radius 2 is 1.81 bits per heavy atom. The van der Waals surface area contributed by atoms with Crippen LogP contribution in [0, 0.1) is 5.92 Å². The number of hydrogen-bond acceptors (Lipinski definition) is 5. The van der Waals surface area contributed by atoms with Crippen LogP contribution in [-0.4, -0.2) is 62.8 Å². The van der Waals surface area contributed by atoms with Gasteiger partial charge in [0.15, 0.2) is 0 Å². The molecule has 37 heavy (non-hydrogen) atoms. The predicted octanol–water partition coefficient (Wildman–Crippen LogP) is 4.10. The lowest BCUT2D eigenvalue weighted by atomic mass is 9.98. The van der Waals surface area contributed by atoms with Gasteiger partial charge < -0.3 is 20.2 Å². The van der Waals surface area contributed by atoms with Gasteiger partial charge in [-0.15, -0.1) is 0 Å². The van der Waals surface area contributed by atoms with Gasteiger partial charge in [0.1, 0.15) is 5.82 Å². The Bertz CT molecular complexity index is 1230. The summed E-state index contributed by atoms with van der Waals surface area (Å²) >= 11 is 6.22. The van der Waals surface area contributed by atoms with Crippen LogP contribution in [0.1, 0.15) is 56.7 Å². The zero-order valence-electron chi connectivity index (χ0n) is 20.9. The summed E-state index contributed by atoms with van der Waals surface area (Å²) in [5, 5.41) is 14.4. The number of carbonyl (C=O) groups is 4. The topological polar surface area (TPSA) is 132 Å². The largest absolute Gasteiger partial charge is 0.465 e. The summed E-state index contributed by atoms with van der Waals surface area (Å²) in [6.07, 6.45) is 1.88. The molecule has 1 aliphatic carbocycles. The first kappa shape index (κ1) is 26.4. The molecule has 1 aliphatic heterocycles. The number of carboxylic acid groups (broad SMARTS) is 1. The lowest BCUT2D eigenvalue weighted by Gasteiger charge is -2.45. The standard InChI is InChI=1S/C26H30ClN5O5/c1-14(2)24(34)31-13-21(17-5-4-6-18(27)9-17)32(12-15(31)3)25(35)23(33)29-19-10-20(16-7-8-16)22(28-11-19)30-26(36)37/h4-6,9-11,14-16,21H,7-8,12-13H2,1-3H3,(H,28,30)(H,29,33)(H,36,37)/t15-,21-/m1/s1. The van der Waals surface area contributed by atoms with Crippen molar-refractivity contribution in [3.63, 3.8) is 0 Å². The maximum absolute atomic E-state index is 13.4. The molecule has 4 amide bonds. The van der Waals surface area contributed by atoms with Gasteiger partial charge in [-0.25, -0.2) is 9.78 Å². The maximum Gasteiger partial charge on any atom is 0.410 e. The van der Waals surface area contributed by atoms with E-state index in [1.54, 1.807) is 29.2 Å². The summed E-state index contributed by atoms with van der Waals surface area (Å²) in [5.74, 6) is -1.44. The quantitative estimate of drug-likeness (QED) is 0.502. The van der Waals surface area contributed by atoms with Crippen LogP contribution in [-0.2, 0) is 14.4 Å². The van der Waals surface area contributed by atoms with E-state index in [-0.39, 0.29) is 42.7 Å². The fourth-order valence-corrected chi connectivity index (χ4v) is 4.81. The lowest BCUT2D eigenvalue weighted by Crippen LogP contribution is -2.59. The van der Waals surface area contributed by atoms with Crippen molar-refractivity contribution < 1.29 is 24.3 Å². The molecule has 0 unspecified atom stereocenters. The minimum atomic E-state index is -1.22. The van der Waals surface area contributed by atoms with Crippen molar-refractivity contribution in [2.45, 2.75) is 51.6 Å². The smallest absolute Gasteiger partial charge is 0.410 e. The molecule has 2 heterocycles. The zero-order valence-corrected chi connectivity index (χ0v) is 21.7. The number of anilines is 2. The highest BCUT2D eigenvalue weighted by atomic mass is 35.5. The molecule has 4 rings (SSSR count). The van der Waals surface area contributed by atoms with E-state index in [0.29, 0.717) is 16.3 Å². The summed E-state index contributed by atoms with van der Waals surface area (Å²) < 4.78 is 0. The first-order valence-corrected chi connectivity index (χ1v) is 12.6. The number of halogens is 1. The number of rotatable bonds is 5. The third-order valence-electron chi connectivity index (χ3n) is 6.62. The van der Waals surface area contributed by atoms with Gasteiger partial charge in [0.25, 0.3) is 0 Å². The van der Waals surface area contributed by atoms with Gasteiger partial charge in [-0.3, -0.25) is 19.7 Å². The van der Waals surface area contributed by atoms with E-state index in [2.05, 4.69) is 15.6 Å². The van der Waals surface area contributed by atoms with Crippen molar-refractivity contribution in [1.82, 2.24) is 14.8 Å². The van der Waals surface area contributed by atoms with E-state index in [1.165, 1.54) is 11.1 Å². The number of nitrogens with one attached hydrogen (secondary N) is 2. The van der Waals surface area contributed by atoms with Gasteiger partial charge in [-0.05, 0) is 49.4 Å². The summed E-state index contributed by atoms with van der Waals surface area (Å²) in [6.45, 7) is 5.92. The molecule has 196 valence electrons. The number of aromatic nitrogens is 1. The number of carbonyl (C=O) groups excluding carboxylic acids is 3. The van der Waals surface area contributed by atoms with E-state index in [1.807, 2.05) is 26.8 Å². The molecule has 2 fully saturated rings. The number of pyridine rings is 1. The summed E-state index contributed by atoms with van der Waals surface area (Å²) in [6, 6.07) is 7.85. The molecule has 0 bridgehead atoms. The third-order valence-corrected chi connectivity index (χ3v) is 6.86. The number of amides is 4. The summed E-state index contributed by atoms with van der Waals surface area (Å²) in [7, 11) is 0. The van der Waals surface area contributed by atoms with E-state index in [0.717, 1.165) is 18.4 Å². The van der Waals surface area contributed by atoms with Crippen LogP contribution in [0.2, 0.25) is 5.02 Å². The Hall–Kier alpha value is -3.66. The number of hydrogen-bond donors (Lipinski definition) is 3. The highest BCUT2D eigenvalue weighted by Gasteiger charge is 2.40. The van der Waals surface area contributed by atoms with Gasteiger partial charge in [-0.1, -0.05) is 37.6 Å². The SMILES string of the molecule is CC(C)C(=O)N1C[C@H](c2cccc(Cl)c2)N(C(=O)C(=O)Nc2cnc(NC(=O)O)c(C3CC3)c2)C[C@H]1C. The second kappa shape index (κ2) is 10.8. The molecule has 1 aromatic heterocycles. The van der Waals surface area contributed by atoms with Gasteiger partial charge in [-0.2, -0.15) is 0 Å². The van der Waals surface area contributed by atoms with Crippen LogP contribution >= 0.6 is 11.6 Å². The molecule has 1 aromatic carbocycles. The average Bonchev–Trinajstić information content (AvgIpc) is 3.69. The molecule has 11 heteroatoms. The molecule has 2 atom stereocenters. The van der Waals surface area contributed by atoms with Crippen molar-refractivity contribution in [2.24, 2.45) is 5.92 Å².